The van der Waals surface area contributed by atoms with Crippen molar-refractivity contribution in [1.29, 1.82) is 0 Å². The average Bonchev–Trinajstić information content (AvgIpc) is 3.27. The molecule has 1 N–H and O–H groups in total. The Kier molecular flexibility index (Phi) is 5.58. The molecule has 0 bridgehead atoms. The molecule has 1 saturated heterocycles. The SMILES string of the molecule is COC1CC(C(=O)O)N(C(=O)CCc2ncc(-c3ccc(Cl)cc3)o2)C1. The first kappa shape index (κ1) is 18.4. The summed E-state index contributed by atoms with van der Waals surface area (Å²) in [7, 11) is 1.52. The first-order chi connectivity index (χ1) is 12.5. The molecule has 138 valence electrons. The van der Waals surface area contributed by atoms with Crippen molar-refractivity contribution in [2.75, 3.05) is 13.7 Å². The van der Waals surface area contributed by atoms with E-state index in [0.717, 1.165) is 5.56 Å². The van der Waals surface area contributed by atoms with E-state index in [0.29, 0.717) is 29.5 Å². The van der Waals surface area contributed by atoms with Gasteiger partial charge in [0.25, 0.3) is 0 Å². The van der Waals surface area contributed by atoms with Crippen molar-refractivity contribution in [3.63, 3.8) is 0 Å². The molecule has 8 heteroatoms. The van der Waals surface area contributed by atoms with Crippen LogP contribution in [0.4, 0.5) is 0 Å². The number of rotatable bonds is 6. The fourth-order valence-electron chi connectivity index (χ4n) is 3.01. The highest BCUT2D eigenvalue weighted by Crippen LogP contribution is 2.24. The van der Waals surface area contributed by atoms with Gasteiger partial charge in [-0.3, -0.25) is 4.79 Å². The van der Waals surface area contributed by atoms with Gasteiger partial charge in [-0.15, -0.1) is 0 Å². The zero-order chi connectivity index (χ0) is 18.7. The van der Waals surface area contributed by atoms with Gasteiger partial charge in [-0.25, -0.2) is 9.78 Å². The van der Waals surface area contributed by atoms with E-state index in [1.807, 2.05) is 12.1 Å². The van der Waals surface area contributed by atoms with Crippen LogP contribution in [0.1, 0.15) is 18.7 Å². The minimum Gasteiger partial charge on any atom is -0.480 e. The van der Waals surface area contributed by atoms with Crippen LogP contribution in [0, 0.1) is 0 Å². The summed E-state index contributed by atoms with van der Waals surface area (Å²) in [5, 5.41) is 9.92. The van der Waals surface area contributed by atoms with Crippen LogP contribution in [0.5, 0.6) is 0 Å². The van der Waals surface area contributed by atoms with Crippen molar-refractivity contribution in [3.8, 4) is 11.3 Å². The summed E-state index contributed by atoms with van der Waals surface area (Å²) in [5.41, 5.74) is 0.841. The number of carboxylic acid groups (broad SMARTS) is 1. The van der Waals surface area contributed by atoms with Crippen LogP contribution in [-0.4, -0.2) is 52.7 Å². The molecule has 2 unspecified atom stereocenters. The summed E-state index contributed by atoms with van der Waals surface area (Å²) in [6.45, 7) is 0.286. The molecule has 1 amide bonds. The predicted molar refractivity (Wildman–Crippen MR) is 93.8 cm³/mol. The Balaban J connectivity index is 1.61. The van der Waals surface area contributed by atoms with Crippen LogP contribution in [0.15, 0.2) is 34.9 Å². The van der Waals surface area contributed by atoms with E-state index < -0.39 is 12.0 Å². The maximum Gasteiger partial charge on any atom is 0.326 e. The number of amides is 1. The highest BCUT2D eigenvalue weighted by molar-refractivity contribution is 6.30. The third-order valence-electron chi connectivity index (χ3n) is 4.44. The summed E-state index contributed by atoms with van der Waals surface area (Å²) < 4.78 is 10.9. The van der Waals surface area contributed by atoms with Gasteiger partial charge in [0.2, 0.25) is 5.91 Å². The quantitative estimate of drug-likeness (QED) is 0.830. The Morgan fingerprint density at radius 1 is 1.38 bits per heavy atom. The van der Waals surface area contributed by atoms with Crippen LogP contribution in [0.25, 0.3) is 11.3 Å². The fourth-order valence-corrected chi connectivity index (χ4v) is 3.13. The van der Waals surface area contributed by atoms with E-state index in [1.165, 1.54) is 12.0 Å². The molecule has 1 aromatic heterocycles. The molecule has 1 aromatic carbocycles. The summed E-state index contributed by atoms with van der Waals surface area (Å²) in [6, 6.07) is 6.32. The van der Waals surface area contributed by atoms with Gasteiger partial charge >= 0.3 is 5.97 Å². The Labute approximate surface area is 155 Å². The number of carboxylic acids is 1. The Bertz CT molecular complexity index is 789. The molecule has 2 atom stereocenters. The number of oxazole rings is 1. The lowest BCUT2D eigenvalue weighted by Crippen LogP contribution is -2.40. The highest BCUT2D eigenvalue weighted by Gasteiger charge is 2.39. The van der Waals surface area contributed by atoms with Crippen LogP contribution in [-0.2, 0) is 20.7 Å². The Morgan fingerprint density at radius 3 is 2.77 bits per heavy atom. The van der Waals surface area contributed by atoms with Gasteiger partial charge in [0, 0.05) is 43.5 Å². The summed E-state index contributed by atoms with van der Waals surface area (Å²) in [4.78, 5) is 29.3. The van der Waals surface area contributed by atoms with Crippen molar-refractivity contribution in [2.45, 2.75) is 31.4 Å². The van der Waals surface area contributed by atoms with Crippen molar-refractivity contribution in [1.82, 2.24) is 9.88 Å². The van der Waals surface area contributed by atoms with E-state index >= 15 is 0 Å². The monoisotopic (exact) mass is 378 g/mol. The zero-order valence-corrected chi connectivity index (χ0v) is 15.0. The number of hydrogen-bond acceptors (Lipinski definition) is 5. The molecule has 3 rings (SSSR count). The number of hydrogen-bond donors (Lipinski definition) is 1. The number of carbonyl (C=O) groups excluding carboxylic acids is 1. The second-order valence-electron chi connectivity index (χ2n) is 6.12. The number of aromatic nitrogens is 1. The van der Waals surface area contributed by atoms with Crippen molar-refractivity contribution in [2.24, 2.45) is 0 Å². The fraction of sp³-hybridized carbons (Fsp3) is 0.389. The molecule has 0 saturated carbocycles. The largest absolute Gasteiger partial charge is 0.480 e. The topological polar surface area (TPSA) is 92.9 Å². The van der Waals surface area contributed by atoms with Crippen LogP contribution >= 0.6 is 11.6 Å². The number of likely N-dealkylation sites (tertiary alicyclic amines) is 1. The summed E-state index contributed by atoms with van der Waals surface area (Å²) in [6.07, 6.45) is 2.07. The summed E-state index contributed by atoms with van der Waals surface area (Å²) >= 11 is 5.87. The lowest BCUT2D eigenvalue weighted by Gasteiger charge is -2.20. The van der Waals surface area contributed by atoms with Gasteiger partial charge in [0.15, 0.2) is 11.7 Å². The van der Waals surface area contributed by atoms with Gasteiger partial charge in [0.1, 0.15) is 6.04 Å². The standard InChI is InChI=1S/C18H19ClN2O5/c1-25-13-8-14(18(23)24)21(10-13)17(22)7-6-16-20-9-15(26-16)11-2-4-12(19)5-3-11/h2-5,9,13-14H,6-8,10H2,1H3,(H,23,24). The molecule has 2 aromatic rings. The minimum absolute atomic E-state index is 0.126. The predicted octanol–water partition coefficient (Wildman–Crippen LogP) is 2.63. The molecule has 1 aliphatic heterocycles. The van der Waals surface area contributed by atoms with E-state index in [2.05, 4.69) is 4.98 Å². The number of ether oxygens (including phenoxy) is 1. The molecule has 0 radical (unpaired) electrons. The van der Waals surface area contributed by atoms with E-state index in [1.54, 1.807) is 18.3 Å². The smallest absolute Gasteiger partial charge is 0.326 e. The lowest BCUT2D eigenvalue weighted by molar-refractivity contribution is -0.148. The maximum absolute atomic E-state index is 12.4. The van der Waals surface area contributed by atoms with Gasteiger partial charge in [-0.1, -0.05) is 11.6 Å². The van der Waals surface area contributed by atoms with Crippen LogP contribution in [0.2, 0.25) is 5.02 Å². The van der Waals surface area contributed by atoms with E-state index in [-0.39, 0.29) is 25.0 Å². The number of carbonyl (C=O) groups is 2. The molecule has 2 heterocycles. The number of aliphatic carboxylic acids is 1. The van der Waals surface area contributed by atoms with Crippen LogP contribution in [0.3, 0.4) is 0 Å². The Hall–Kier alpha value is -2.38. The number of nitrogens with zero attached hydrogens (tertiary/aromatic N) is 2. The first-order valence-electron chi connectivity index (χ1n) is 8.23. The second-order valence-corrected chi connectivity index (χ2v) is 6.56. The third kappa shape index (κ3) is 4.05. The van der Waals surface area contributed by atoms with Crippen molar-refractivity contribution < 1.29 is 23.8 Å². The van der Waals surface area contributed by atoms with E-state index in [9.17, 15) is 14.7 Å². The maximum atomic E-state index is 12.4. The van der Waals surface area contributed by atoms with E-state index in [4.69, 9.17) is 20.8 Å². The normalized spacial score (nSPS) is 19.7. The lowest BCUT2D eigenvalue weighted by atomic mass is 10.2. The molecule has 7 nitrogen and oxygen atoms in total. The molecule has 1 fully saturated rings. The Morgan fingerprint density at radius 2 is 2.12 bits per heavy atom. The van der Waals surface area contributed by atoms with Crippen molar-refractivity contribution in [3.05, 3.63) is 41.4 Å². The van der Waals surface area contributed by atoms with Crippen molar-refractivity contribution >= 4 is 23.5 Å². The first-order valence-corrected chi connectivity index (χ1v) is 8.61. The number of halogens is 1. The summed E-state index contributed by atoms with van der Waals surface area (Å²) in [5.74, 6) is -0.243. The second kappa shape index (κ2) is 7.88. The zero-order valence-electron chi connectivity index (χ0n) is 14.2. The molecule has 0 spiro atoms. The molecular weight excluding hydrogens is 360 g/mol. The van der Waals surface area contributed by atoms with Gasteiger partial charge < -0.3 is 19.2 Å². The molecular formula is C18H19ClN2O5. The molecule has 26 heavy (non-hydrogen) atoms. The molecule has 0 aliphatic carbocycles. The third-order valence-corrected chi connectivity index (χ3v) is 4.69. The number of benzene rings is 1. The molecule has 1 aliphatic rings. The average molecular weight is 379 g/mol. The highest BCUT2D eigenvalue weighted by atomic mass is 35.5. The van der Waals surface area contributed by atoms with Crippen LogP contribution < -0.4 is 0 Å². The van der Waals surface area contributed by atoms with Gasteiger partial charge in [0.05, 0.1) is 12.3 Å². The minimum atomic E-state index is -1.01. The van der Waals surface area contributed by atoms with Gasteiger partial charge in [-0.05, 0) is 24.3 Å². The number of methoxy groups -OCH3 is 1. The number of aryl methyl sites for hydroxylation is 1. The van der Waals surface area contributed by atoms with Gasteiger partial charge in [-0.2, -0.15) is 0 Å².